The number of anilines is 1. The number of carbonyl (C=O) groups excluding carboxylic acids is 1. The van der Waals surface area contributed by atoms with E-state index in [1.807, 2.05) is 18.2 Å². The van der Waals surface area contributed by atoms with Crippen LogP contribution in [0.3, 0.4) is 0 Å². The summed E-state index contributed by atoms with van der Waals surface area (Å²) in [5.74, 6) is -0.0946. The Morgan fingerprint density at radius 1 is 0.950 bits per heavy atom. The highest BCUT2D eigenvalue weighted by molar-refractivity contribution is 5.98. The van der Waals surface area contributed by atoms with E-state index in [0.717, 1.165) is 19.3 Å². The lowest BCUT2D eigenvalue weighted by atomic mass is 10.1. The SMILES string of the molecule is Nc1ccccc1C(=O)NCCCCc1ccccc1. The van der Waals surface area contributed by atoms with Crippen LogP contribution in [0, 0.1) is 0 Å². The summed E-state index contributed by atoms with van der Waals surface area (Å²) in [5.41, 5.74) is 8.18. The van der Waals surface area contributed by atoms with E-state index in [9.17, 15) is 4.79 Å². The Hall–Kier alpha value is -2.29. The molecule has 20 heavy (non-hydrogen) atoms. The van der Waals surface area contributed by atoms with Gasteiger partial charge in [-0.25, -0.2) is 0 Å². The molecule has 0 aliphatic carbocycles. The number of rotatable bonds is 6. The molecule has 0 bridgehead atoms. The number of unbranched alkanes of at least 4 members (excludes halogenated alkanes) is 1. The van der Waals surface area contributed by atoms with Crippen molar-refractivity contribution in [1.82, 2.24) is 5.32 Å². The van der Waals surface area contributed by atoms with Gasteiger partial charge in [0.15, 0.2) is 0 Å². The van der Waals surface area contributed by atoms with Crippen molar-refractivity contribution < 1.29 is 4.79 Å². The third-order valence-corrected chi connectivity index (χ3v) is 3.23. The number of hydrogen-bond donors (Lipinski definition) is 2. The maximum Gasteiger partial charge on any atom is 0.253 e. The molecule has 3 nitrogen and oxygen atoms in total. The molecule has 0 heterocycles. The summed E-state index contributed by atoms with van der Waals surface area (Å²) in [6.07, 6.45) is 3.08. The van der Waals surface area contributed by atoms with Gasteiger partial charge in [-0.3, -0.25) is 4.79 Å². The van der Waals surface area contributed by atoms with Gasteiger partial charge in [0.2, 0.25) is 0 Å². The zero-order valence-electron chi connectivity index (χ0n) is 11.5. The first-order chi connectivity index (χ1) is 9.77. The van der Waals surface area contributed by atoms with Crippen molar-refractivity contribution >= 4 is 11.6 Å². The van der Waals surface area contributed by atoms with E-state index in [2.05, 4.69) is 29.6 Å². The lowest BCUT2D eigenvalue weighted by Crippen LogP contribution is -2.25. The molecule has 0 aliphatic rings. The molecule has 2 rings (SSSR count). The van der Waals surface area contributed by atoms with Crippen LogP contribution in [0.2, 0.25) is 0 Å². The molecule has 2 aromatic carbocycles. The van der Waals surface area contributed by atoms with E-state index in [0.29, 0.717) is 17.8 Å². The predicted molar refractivity (Wildman–Crippen MR) is 82.6 cm³/mol. The summed E-state index contributed by atoms with van der Waals surface area (Å²) in [6.45, 7) is 0.681. The lowest BCUT2D eigenvalue weighted by Gasteiger charge is -2.07. The van der Waals surface area contributed by atoms with Crippen molar-refractivity contribution in [3.05, 3.63) is 65.7 Å². The van der Waals surface area contributed by atoms with Crippen LogP contribution in [0.15, 0.2) is 54.6 Å². The van der Waals surface area contributed by atoms with Crippen LogP contribution in [0.25, 0.3) is 0 Å². The van der Waals surface area contributed by atoms with Crippen LogP contribution in [-0.4, -0.2) is 12.5 Å². The summed E-state index contributed by atoms with van der Waals surface area (Å²) in [4.78, 5) is 11.9. The number of hydrogen-bond acceptors (Lipinski definition) is 2. The smallest absolute Gasteiger partial charge is 0.253 e. The van der Waals surface area contributed by atoms with Gasteiger partial charge in [-0.15, -0.1) is 0 Å². The highest BCUT2D eigenvalue weighted by Crippen LogP contribution is 2.10. The highest BCUT2D eigenvalue weighted by Gasteiger charge is 2.07. The average Bonchev–Trinajstić information content (AvgIpc) is 2.48. The van der Waals surface area contributed by atoms with Gasteiger partial charge in [0.05, 0.1) is 5.56 Å². The van der Waals surface area contributed by atoms with Gasteiger partial charge in [-0.1, -0.05) is 42.5 Å². The Kier molecular flexibility index (Phi) is 5.18. The van der Waals surface area contributed by atoms with Crippen molar-refractivity contribution in [2.45, 2.75) is 19.3 Å². The fraction of sp³-hybridized carbons (Fsp3) is 0.235. The van der Waals surface area contributed by atoms with Crippen molar-refractivity contribution in [2.75, 3.05) is 12.3 Å². The molecule has 0 saturated carbocycles. The number of nitrogens with two attached hydrogens (primary N) is 1. The molecule has 0 saturated heterocycles. The average molecular weight is 268 g/mol. The van der Waals surface area contributed by atoms with Gasteiger partial charge in [-0.05, 0) is 37.0 Å². The fourth-order valence-corrected chi connectivity index (χ4v) is 2.10. The number of nitrogen functional groups attached to an aromatic ring is 1. The monoisotopic (exact) mass is 268 g/mol. The topological polar surface area (TPSA) is 55.1 Å². The number of para-hydroxylation sites is 1. The Morgan fingerprint density at radius 3 is 2.40 bits per heavy atom. The maximum absolute atomic E-state index is 11.9. The second-order valence-corrected chi connectivity index (χ2v) is 4.79. The first-order valence-electron chi connectivity index (χ1n) is 6.94. The zero-order chi connectivity index (χ0) is 14.2. The zero-order valence-corrected chi connectivity index (χ0v) is 11.5. The molecule has 2 aromatic rings. The van der Waals surface area contributed by atoms with Crippen molar-refractivity contribution in [1.29, 1.82) is 0 Å². The van der Waals surface area contributed by atoms with Crippen LogP contribution in [-0.2, 0) is 6.42 Å². The van der Waals surface area contributed by atoms with Crippen LogP contribution in [0.5, 0.6) is 0 Å². The standard InChI is InChI=1S/C17H20N2O/c18-16-12-5-4-11-15(16)17(20)19-13-7-6-10-14-8-2-1-3-9-14/h1-5,8-9,11-12H,6-7,10,13,18H2,(H,19,20). The van der Waals surface area contributed by atoms with E-state index in [1.54, 1.807) is 12.1 Å². The Balaban J connectivity index is 1.69. The largest absolute Gasteiger partial charge is 0.398 e. The maximum atomic E-state index is 11.9. The molecule has 0 aliphatic heterocycles. The molecule has 0 radical (unpaired) electrons. The van der Waals surface area contributed by atoms with Gasteiger partial charge in [0.25, 0.3) is 5.91 Å². The molecule has 0 fully saturated rings. The quantitative estimate of drug-likeness (QED) is 0.625. The van der Waals surface area contributed by atoms with Crippen LogP contribution in [0.4, 0.5) is 5.69 Å². The van der Waals surface area contributed by atoms with Crippen LogP contribution in [0.1, 0.15) is 28.8 Å². The van der Waals surface area contributed by atoms with Gasteiger partial charge < -0.3 is 11.1 Å². The first kappa shape index (κ1) is 14.1. The third-order valence-electron chi connectivity index (χ3n) is 3.23. The van der Waals surface area contributed by atoms with Crippen molar-refractivity contribution in [3.8, 4) is 0 Å². The third kappa shape index (κ3) is 4.12. The summed E-state index contributed by atoms with van der Waals surface area (Å²) >= 11 is 0. The van der Waals surface area contributed by atoms with E-state index in [1.165, 1.54) is 5.56 Å². The number of carbonyl (C=O) groups is 1. The molecular formula is C17H20N2O. The van der Waals surface area contributed by atoms with E-state index in [-0.39, 0.29) is 5.91 Å². The normalized spacial score (nSPS) is 10.2. The van der Waals surface area contributed by atoms with Gasteiger partial charge in [0, 0.05) is 12.2 Å². The van der Waals surface area contributed by atoms with Crippen molar-refractivity contribution in [3.63, 3.8) is 0 Å². The predicted octanol–water partition coefficient (Wildman–Crippen LogP) is 3.02. The summed E-state index contributed by atoms with van der Waals surface area (Å²) < 4.78 is 0. The molecule has 104 valence electrons. The molecule has 0 atom stereocenters. The fourth-order valence-electron chi connectivity index (χ4n) is 2.10. The second kappa shape index (κ2) is 7.34. The van der Waals surface area contributed by atoms with E-state index >= 15 is 0 Å². The minimum Gasteiger partial charge on any atom is -0.398 e. The Bertz CT molecular complexity index is 552. The minimum absolute atomic E-state index is 0.0946. The molecule has 0 spiro atoms. The second-order valence-electron chi connectivity index (χ2n) is 4.79. The first-order valence-corrected chi connectivity index (χ1v) is 6.94. The van der Waals surface area contributed by atoms with Gasteiger partial charge >= 0.3 is 0 Å². The molecular weight excluding hydrogens is 248 g/mol. The molecule has 0 unspecified atom stereocenters. The summed E-state index contributed by atoms with van der Waals surface area (Å²) in [5, 5.41) is 2.91. The van der Waals surface area contributed by atoms with E-state index < -0.39 is 0 Å². The number of benzene rings is 2. The Labute approximate surface area is 119 Å². The number of nitrogens with one attached hydrogen (secondary N) is 1. The van der Waals surface area contributed by atoms with Crippen molar-refractivity contribution in [2.24, 2.45) is 0 Å². The molecule has 0 aromatic heterocycles. The minimum atomic E-state index is -0.0946. The lowest BCUT2D eigenvalue weighted by molar-refractivity contribution is 0.0954. The number of amides is 1. The number of aryl methyl sites for hydroxylation is 1. The highest BCUT2D eigenvalue weighted by atomic mass is 16.1. The van der Waals surface area contributed by atoms with Gasteiger partial charge in [-0.2, -0.15) is 0 Å². The van der Waals surface area contributed by atoms with Gasteiger partial charge in [0.1, 0.15) is 0 Å². The molecule has 1 amide bonds. The summed E-state index contributed by atoms with van der Waals surface area (Å²) in [7, 11) is 0. The summed E-state index contributed by atoms with van der Waals surface area (Å²) in [6, 6.07) is 17.5. The van der Waals surface area contributed by atoms with Crippen LogP contribution < -0.4 is 11.1 Å². The molecule has 3 N–H and O–H groups in total. The van der Waals surface area contributed by atoms with Crippen LogP contribution >= 0.6 is 0 Å². The Morgan fingerprint density at radius 2 is 1.65 bits per heavy atom. The van der Waals surface area contributed by atoms with E-state index in [4.69, 9.17) is 5.73 Å². The molecule has 3 heteroatoms.